The number of nitrogens with zero attached hydrogens (tertiary/aromatic N) is 2. The highest BCUT2D eigenvalue weighted by Gasteiger charge is 2.11. The minimum atomic E-state index is -0.0265. The summed E-state index contributed by atoms with van der Waals surface area (Å²) in [5.74, 6) is -0.0265. The number of carbonyl (C=O) groups excluding carboxylic acids is 1. The van der Waals surface area contributed by atoms with Gasteiger partial charge in [-0.25, -0.2) is 5.43 Å². The minimum Gasteiger partial charge on any atom is -0.303 e. The second-order valence-electron chi connectivity index (χ2n) is 7.18. The van der Waals surface area contributed by atoms with Crippen molar-refractivity contribution in [2.45, 2.75) is 25.7 Å². The third kappa shape index (κ3) is 4.17. The molecule has 0 bridgehead atoms. The van der Waals surface area contributed by atoms with Crippen LogP contribution in [0.1, 0.15) is 31.2 Å². The van der Waals surface area contributed by atoms with Gasteiger partial charge in [0, 0.05) is 18.5 Å². The summed E-state index contributed by atoms with van der Waals surface area (Å²) in [6.45, 7) is 3.04. The molecule has 1 fully saturated rings. The molecule has 1 heterocycles. The summed E-state index contributed by atoms with van der Waals surface area (Å²) in [6, 6.07) is 18.8. The van der Waals surface area contributed by atoms with Crippen LogP contribution in [-0.2, 0) is 4.79 Å². The molecule has 0 unspecified atom stereocenters. The highest BCUT2D eigenvalue weighted by molar-refractivity contribution is 6.13. The molecule has 4 nitrogen and oxygen atoms in total. The molecule has 0 radical (unpaired) electrons. The van der Waals surface area contributed by atoms with Gasteiger partial charge in [0.05, 0.1) is 6.21 Å². The number of amides is 1. The highest BCUT2D eigenvalue weighted by atomic mass is 16.2. The second-order valence-corrected chi connectivity index (χ2v) is 7.18. The lowest BCUT2D eigenvalue weighted by Crippen LogP contribution is -2.33. The zero-order valence-electron chi connectivity index (χ0n) is 15.5. The fourth-order valence-corrected chi connectivity index (χ4v) is 3.86. The smallest absolute Gasteiger partial charge is 0.241 e. The predicted octanol–water partition coefficient (Wildman–Crippen LogP) is 4.32. The molecule has 3 aromatic carbocycles. The van der Waals surface area contributed by atoms with Gasteiger partial charge >= 0.3 is 0 Å². The number of benzene rings is 3. The standard InChI is InChI=1S/C23H25N3O/c27-23(12-15-26-13-6-1-7-14-26)25-24-17-22-20-10-4-2-8-18(20)16-19-9-3-5-11-21(19)22/h2-5,8-11,16-17H,1,6-7,12-15H2,(H,25,27). The Balaban J connectivity index is 1.49. The molecular formula is C23H25N3O. The van der Waals surface area contributed by atoms with E-state index in [1.165, 1.54) is 30.0 Å². The van der Waals surface area contributed by atoms with Crippen LogP contribution in [0.4, 0.5) is 0 Å². The van der Waals surface area contributed by atoms with Crippen LogP contribution in [-0.4, -0.2) is 36.7 Å². The SMILES string of the molecule is O=C(CCN1CCCCC1)NN=Cc1c2ccccc2cc2ccccc12. The molecule has 1 amide bonds. The van der Waals surface area contributed by atoms with E-state index in [1.807, 2.05) is 24.3 Å². The number of piperidine rings is 1. The summed E-state index contributed by atoms with van der Waals surface area (Å²) in [5.41, 5.74) is 3.75. The summed E-state index contributed by atoms with van der Waals surface area (Å²) >= 11 is 0. The third-order valence-electron chi connectivity index (χ3n) is 5.30. The summed E-state index contributed by atoms with van der Waals surface area (Å²) in [5, 5.41) is 8.90. The molecule has 138 valence electrons. The van der Waals surface area contributed by atoms with Crippen molar-refractivity contribution >= 4 is 33.7 Å². The van der Waals surface area contributed by atoms with E-state index in [4.69, 9.17) is 0 Å². The Morgan fingerprint density at radius 3 is 2.26 bits per heavy atom. The van der Waals surface area contributed by atoms with Crippen LogP contribution in [0, 0.1) is 0 Å². The van der Waals surface area contributed by atoms with Gasteiger partial charge in [0.25, 0.3) is 0 Å². The van der Waals surface area contributed by atoms with Crippen molar-refractivity contribution < 1.29 is 4.79 Å². The first-order chi connectivity index (χ1) is 13.3. The number of hydrogen-bond donors (Lipinski definition) is 1. The predicted molar refractivity (Wildman–Crippen MR) is 112 cm³/mol. The first-order valence-electron chi connectivity index (χ1n) is 9.76. The molecule has 1 aliphatic heterocycles. The molecule has 0 saturated carbocycles. The van der Waals surface area contributed by atoms with Crippen LogP contribution < -0.4 is 5.43 Å². The lowest BCUT2D eigenvalue weighted by Gasteiger charge is -2.25. The van der Waals surface area contributed by atoms with Gasteiger partial charge < -0.3 is 4.90 Å². The van der Waals surface area contributed by atoms with Crippen LogP contribution in [0.15, 0.2) is 59.7 Å². The zero-order chi connectivity index (χ0) is 18.5. The van der Waals surface area contributed by atoms with E-state index in [1.54, 1.807) is 6.21 Å². The maximum Gasteiger partial charge on any atom is 0.241 e. The van der Waals surface area contributed by atoms with E-state index in [0.717, 1.165) is 36.0 Å². The molecular weight excluding hydrogens is 334 g/mol. The second kappa shape index (κ2) is 8.31. The fourth-order valence-electron chi connectivity index (χ4n) is 3.86. The van der Waals surface area contributed by atoms with Gasteiger partial charge in [0.1, 0.15) is 0 Å². The van der Waals surface area contributed by atoms with Gasteiger partial charge in [-0.2, -0.15) is 5.10 Å². The number of rotatable bonds is 5. The summed E-state index contributed by atoms with van der Waals surface area (Å²) < 4.78 is 0. The summed E-state index contributed by atoms with van der Waals surface area (Å²) in [6.07, 6.45) is 6.07. The van der Waals surface area contributed by atoms with Gasteiger partial charge in [0.15, 0.2) is 0 Å². The van der Waals surface area contributed by atoms with Gasteiger partial charge in [-0.15, -0.1) is 0 Å². The Kier molecular flexibility index (Phi) is 5.45. The lowest BCUT2D eigenvalue weighted by atomic mass is 9.97. The minimum absolute atomic E-state index is 0.0265. The van der Waals surface area contributed by atoms with Crippen LogP contribution in [0.3, 0.4) is 0 Å². The zero-order valence-corrected chi connectivity index (χ0v) is 15.5. The topological polar surface area (TPSA) is 44.7 Å². The van der Waals surface area contributed by atoms with Gasteiger partial charge in [-0.3, -0.25) is 4.79 Å². The Morgan fingerprint density at radius 2 is 1.59 bits per heavy atom. The third-order valence-corrected chi connectivity index (χ3v) is 5.30. The molecule has 1 aliphatic rings. The molecule has 0 aliphatic carbocycles. The largest absolute Gasteiger partial charge is 0.303 e. The molecule has 27 heavy (non-hydrogen) atoms. The van der Waals surface area contributed by atoms with Crippen LogP contribution >= 0.6 is 0 Å². The van der Waals surface area contributed by atoms with E-state index in [0.29, 0.717) is 6.42 Å². The van der Waals surface area contributed by atoms with Crippen molar-refractivity contribution in [2.24, 2.45) is 5.10 Å². The first-order valence-corrected chi connectivity index (χ1v) is 9.76. The van der Waals surface area contributed by atoms with Gasteiger partial charge in [-0.05, 0) is 53.5 Å². The van der Waals surface area contributed by atoms with Crippen molar-refractivity contribution in [1.29, 1.82) is 0 Å². The highest BCUT2D eigenvalue weighted by Crippen LogP contribution is 2.27. The van der Waals surface area contributed by atoms with Crippen molar-refractivity contribution in [1.82, 2.24) is 10.3 Å². The monoisotopic (exact) mass is 359 g/mol. The summed E-state index contributed by atoms with van der Waals surface area (Å²) in [7, 11) is 0. The molecule has 0 spiro atoms. The van der Waals surface area contributed by atoms with Crippen molar-refractivity contribution in [2.75, 3.05) is 19.6 Å². The van der Waals surface area contributed by atoms with E-state index in [2.05, 4.69) is 45.8 Å². The van der Waals surface area contributed by atoms with Crippen LogP contribution in [0.2, 0.25) is 0 Å². The molecule has 1 saturated heterocycles. The Labute approximate surface area is 159 Å². The number of hydrogen-bond acceptors (Lipinski definition) is 3. The molecule has 0 atom stereocenters. The van der Waals surface area contributed by atoms with E-state index < -0.39 is 0 Å². The van der Waals surface area contributed by atoms with Crippen molar-refractivity contribution in [3.63, 3.8) is 0 Å². The lowest BCUT2D eigenvalue weighted by molar-refractivity contribution is -0.121. The fraction of sp³-hybridized carbons (Fsp3) is 0.304. The van der Waals surface area contributed by atoms with E-state index in [9.17, 15) is 4.79 Å². The first kappa shape index (κ1) is 17.7. The maximum atomic E-state index is 12.2. The molecule has 3 aromatic rings. The maximum absolute atomic E-state index is 12.2. The number of likely N-dealkylation sites (tertiary alicyclic amines) is 1. The molecule has 0 aromatic heterocycles. The average molecular weight is 359 g/mol. The Morgan fingerprint density at radius 1 is 0.963 bits per heavy atom. The Hall–Kier alpha value is -2.72. The summed E-state index contributed by atoms with van der Waals surface area (Å²) in [4.78, 5) is 14.5. The van der Waals surface area contributed by atoms with Gasteiger partial charge in [-0.1, -0.05) is 55.0 Å². The Bertz CT molecular complexity index is 920. The van der Waals surface area contributed by atoms with Crippen LogP contribution in [0.5, 0.6) is 0 Å². The van der Waals surface area contributed by atoms with Crippen molar-refractivity contribution in [3.8, 4) is 0 Å². The van der Waals surface area contributed by atoms with E-state index in [-0.39, 0.29) is 5.91 Å². The van der Waals surface area contributed by atoms with E-state index >= 15 is 0 Å². The average Bonchev–Trinajstić information content (AvgIpc) is 2.72. The number of nitrogens with one attached hydrogen (secondary N) is 1. The quantitative estimate of drug-likeness (QED) is 0.419. The molecule has 4 heteroatoms. The normalized spacial score (nSPS) is 15.6. The van der Waals surface area contributed by atoms with Crippen molar-refractivity contribution in [3.05, 3.63) is 60.2 Å². The molecule has 4 rings (SSSR count). The number of carbonyl (C=O) groups is 1. The van der Waals surface area contributed by atoms with Crippen LogP contribution in [0.25, 0.3) is 21.5 Å². The number of fused-ring (bicyclic) bond motifs is 2. The number of hydrazone groups is 1. The van der Waals surface area contributed by atoms with Gasteiger partial charge in [0.2, 0.25) is 5.91 Å². The molecule has 1 N–H and O–H groups in total.